The fraction of sp³-hybridized carbons (Fsp3) is 0.154. The van der Waals surface area contributed by atoms with Gasteiger partial charge in [0, 0.05) is 29.2 Å². The van der Waals surface area contributed by atoms with Crippen molar-refractivity contribution >= 4 is 48.8 Å². The van der Waals surface area contributed by atoms with E-state index in [-0.39, 0.29) is 0 Å². The molecule has 0 atom stereocenters. The summed E-state index contributed by atoms with van der Waals surface area (Å²) < 4.78 is 12.0. The molecular weight excluding hydrogens is 464 g/mol. The van der Waals surface area contributed by atoms with Crippen molar-refractivity contribution in [1.29, 1.82) is 0 Å². The molecule has 0 radical (unpaired) electrons. The van der Waals surface area contributed by atoms with Crippen LogP contribution in [0.3, 0.4) is 0 Å². The third kappa shape index (κ3) is 4.98. The molecular formula is C26H24N4O2S2. The molecule has 0 aliphatic carbocycles. The van der Waals surface area contributed by atoms with Crippen molar-refractivity contribution in [3.63, 3.8) is 0 Å². The molecule has 3 aromatic carbocycles. The lowest BCUT2D eigenvalue weighted by Crippen LogP contribution is -2.04. The maximum absolute atomic E-state index is 5.51. The van der Waals surface area contributed by atoms with Gasteiger partial charge in [0.15, 0.2) is 10.3 Å². The molecule has 8 heteroatoms. The molecule has 0 aliphatic rings. The summed E-state index contributed by atoms with van der Waals surface area (Å²) in [6.45, 7) is 0.839. The number of ether oxygens (including phenoxy) is 2. The van der Waals surface area contributed by atoms with Crippen LogP contribution in [-0.4, -0.2) is 30.7 Å². The lowest BCUT2D eigenvalue weighted by Gasteiger charge is -2.08. The van der Waals surface area contributed by atoms with Gasteiger partial charge in [0.2, 0.25) is 0 Å². The smallest absolute Gasteiger partial charge is 0.187 e. The number of nitrogens with one attached hydrogen (secondary N) is 2. The van der Waals surface area contributed by atoms with E-state index in [0.717, 1.165) is 57.2 Å². The molecule has 0 saturated heterocycles. The van der Waals surface area contributed by atoms with Gasteiger partial charge in [-0.15, -0.1) is 11.3 Å². The standard InChI is InChI=1S/C26H24N4O2S2/c1-31-19-11-12-20(23(15-19)32-2)22-16-33-26(30-22)28-18-9-7-17(8-10-18)13-14-27-25-29-21-5-3-4-6-24(21)34-25/h3-12,15-16H,13-14H2,1-2H3,(H,27,29)(H,28,30). The second-order valence-electron chi connectivity index (χ2n) is 7.59. The van der Waals surface area contributed by atoms with E-state index in [1.165, 1.54) is 10.3 Å². The van der Waals surface area contributed by atoms with Crippen LogP contribution in [0, 0.1) is 0 Å². The van der Waals surface area contributed by atoms with Gasteiger partial charge in [-0.05, 0) is 48.4 Å². The minimum absolute atomic E-state index is 0.736. The zero-order valence-electron chi connectivity index (χ0n) is 18.9. The van der Waals surface area contributed by atoms with Crippen LogP contribution in [0.15, 0.2) is 72.1 Å². The number of thiazole rings is 2. The third-order valence-electron chi connectivity index (χ3n) is 5.38. The fourth-order valence-corrected chi connectivity index (χ4v) is 5.23. The molecule has 5 rings (SSSR count). The van der Waals surface area contributed by atoms with E-state index in [4.69, 9.17) is 14.5 Å². The Labute approximate surface area is 206 Å². The average Bonchev–Trinajstić information content (AvgIpc) is 3.51. The Morgan fingerprint density at radius 2 is 1.74 bits per heavy atom. The summed E-state index contributed by atoms with van der Waals surface area (Å²) in [7, 11) is 3.30. The van der Waals surface area contributed by atoms with Crippen LogP contribution in [0.25, 0.3) is 21.5 Å². The van der Waals surface area contributed by atoms with E-state index in [9.17, 15) is 0 Å². The van der Waals surface area contributed by atoms with Crippen LogP contribution in [-0.2, 0) is 6.42 Å². The number of benzene rings is 3. The van der Waals surface area contributed by atoms with E-state index in [1.807, 2.05) is 41.8 Å². The van der Waals surface area contributed by atoms with E-state index >= 15 is 0 Å². The molecule has 0 fully saturated rings. The minimum Gasteiger partial charge on any atom is -0.497 e. The first-order chi connectivity index (χ1) is 16.7. The molecule has 0 saturated carbocycles. The van der Waals surface area contributed by atoms with Gasteiger partial charge in [-0.1, -0.05) is 35.6 Å². The van der Waals surface area contributed by atoms with E-state index in [1.54, 1.807) is 36.9 Å². The Balaban J connectivity index is 1.18. The number of rotatable bonds is 9. The Bertz CT molecular complexity index is 1360. The Hall–Kier alpha value is -3.62. The Morgan fingerprint density at radius 3 is 2.53 bits per heavy atom. The quantitative estimate of drug-likeness (QED) is 0.237. The largest absolute Gasteiger partial charge is 0.497 e. The van der Waals surface area contributed by atoms with Gasteiger partial charge in [0.1, 0.15) is 11.5 Å². The van der Waals surface area contributed by atoms with Gasteiger partial charge < -0.3 is 20.1 Å². The number of nitrogens with zero attached hydrogens (tertiary/aromatic N) is 2. The van der Waals surface area contributed by atoms with E-state index in [2.05, 4.69) is 45.9 Å². The zero-order valence-corrected chi connectivity index (χ0v) is 20.5. The third-order valence-corrected chi connectivity index (χ3v) is 7.13. The first kappa shape index (κ1) is 22.2. The molecule has 0 aliphatic heterocycles. The normalized spacial score (nSPS) is 10.9. The number of methoxy groups -OCH3 is 2. The molecule has 6 nitrogen and oxygen atoms in total. The summed E-state index contributed by atoms with van der Waals surface area (Å²) in [6, 6.07) is 22.4. The second-order valence-corrected chi connectivity index (χ2v) is 9.48. The maximum Gasteiger partial charge on any atom is 0.187 e. The summed E-state index contributed by atoms with van der Waals surface area (Å²) in [6.07, 6.45) is 0.925. The van der Waals surface area contributed by atoms with Crippen molar-refractivity contribution in [2.24, 2.45) is 0 Å². The molecule has 2 aromatic heterocycles. The molecule has 172 valence electrons. The zero-order chi connectivity index (χ0) is 23.3. The summed E-state index contributed by atoms with van der Waals surface area (Å²) in [5.41, 5.74) is 5.11. The van der Waals surface area contributed by atoms with Gasteiger partial charge >= 0.3 is 0 Å². The number of anilines is 3. The molecule has 5 aromatic rings. The highest BCUT2D eigenvalue weighted by Crippen LogP contribution is 2.35. The Morgan fingerprint density at radius 1 is 0.882 bits per heavy atom. The minimum atomic E-state index is 0.736. The molecule has 2 N–H and O–H groups in total. The molecule has 2 heterocycles. The van der Waals surface area contributed by atoms with Crippen LogP contribution in [0.2, 0.25) is 0 Å². The maximum atomic E-state index is 5.51. The van der Waals surface area contributed by atoms with Gasteiger partial charge in [-0.25, -0.2) is 9.97 Å². The topological polar surface area (TPSA) is 68.3 Å². The lowest BCUT2D eigenvalue weighted by atomic mass is 10.1. The van der Waals surface area contributed by atoms with Gasteiger partial charge in [-0.2, -0.15) is 0 Å². The summed E-state index contributed by atoms with van der Waals surface area (Å²) in [5, 5.41) is 10.7. The predicted molar refractivity (Wildman–Crippen MR) is 142 cm³/mol. The van der Waals surface area contributed by atoms with Gasteiger partial charge in [0.05, 0.1) is 30.1 Å². The molecule has 34 heavy (non-hydrogen) atoms. The highest BCUT2D eigenvalue weighted by Gasteiger charge is 2.11. The van der Waals surface area contributed by atoms with Crippen LogP contribution in [0.4, 0.5) is 16.0 Å². The molecule has 0 bridgehead atoms. The predicted octanol–water partition coefficient (Wildman–Crippen LogP) is 6.84. The number of hydrogen-bond acceptors (Lipinski definition) is 8. The first-order valence-electron chi connectivity index (χ1n) is 10.8. The van der Waals surface area contributed by atoms with Gasteiger partial charge in [0.25, 0.3) is 0 Å². The number of para-hydroxylation sites is 1. The number of hydrogen-bond donors (Lipinski definition) is 2. The highest BCUT2D eigenvalue weighted by molar-refractivity contribution is 7.22. The fourth-order valence-electron chi connectivity index (χ4n) is 3.60. The van der Waals surface area contributed by atoms with E-state index in [0.29, 0.717) is 0 Å². The number of aromatic nitrogens is 2. The summed E-state index contributed by atoms with van der Waals surface area (Å²) in [4.78, 5) is 9.36. The van der Waals surface area contributed by atoms with Gasteiger partial charge in [-0.3, -0.25) is 0 Å². The number of fused-ring (bicyclic) bond motifs is 1. The molecule has 0 unspecified atom stereocenters. The monoisotopic (exact) mass is 488 g/mol. The highest BCUT2D eigenvalue weighted by atomic mass is 32.1. The van der Waals surface area contributed by atoms with Crippen molar-refractivity contribution in [1.82, 2.24) is 9.97 Å². The molecule has 0 spiro atoms. The van der Waals surface area contributed by atoms with Crippen molar-refractivity contribution in [2.75, 3.05) is 31.4 Å². The molecule has 0 amide bonds. The summed E-state index contributed by atoms with van der Waals surface area (Å²) in [5.74, 6) is 1.49. The van der Waals surface area contributed by atoms with Crippen LogP contribution in [0.5, 0.6) is 11.5 Å². The van der Waals surface area contributed by atoms with E-state index < -0.39 is 0 Å². The first-order valence-corrected chi connectivity index (χ1v) is 12.5. The second kappa shape index (κ2) is 10.1. The lowest BCUT2D eigenvalue weighted by molar-refractivity contribution is 0.395. The van der Waals surface area contributed by atoms with Crippen molar-refractivity contribution in [3.8, 4) is 22.8 Å². The average molecular weight is 489 g/mol. The van der Waals surface area contributed by atoms with Crippen molar-refractivity contribution < 1.29 is 9.47 Å². The van der Waals surface area contributed by atoms with Crippen LogP contribution in [0.1, 0.15) is 5.56 Å². The Kier molecular flexibility index (Phi) is 6.60. The van der Waals surface area contributed by atoms with Crippen LogP contribution >= 0.6 is 22.7 Å². The van der Waals surface area contributed by atoms with Crippen LogP contribution < -0.4 is 20.1 Å². The van der Waals surface area contributed by atoms with Crippen molar-refractivity contribution in [3.05, 3.63) is 77.7 Å². The van der Waals surface area contributed by atoms with Crippen molar-refractivity contribution in [2.45, 2.75) is 6.42 Å². The summed E-state index contributed by atoms with van der Waals surface area (Å²) >= 11 is 3.25. The SMILES string of the molecule is COc1ccc(-c2csc(Nc3ccc(CCNc4nc5ccccc5s4)cc3)n2)c(OC)c1.